The number of fused-ring (bicyclic) bond motifs is 1. The lowest BCUT2D eigenvalue weighted by atomic mass is 10.00. The molecular weight excluding hydrogens is 477 g/mol. The second-order valence-electron chi connectivity index (χ2n) is 7.21. The van der Waals surface area contributed by atoms with Gasteiger partial charge in [-0.05, 0) is 44.7 Å². The number of guanidine groups is 1. The van der Waals surface area contributed by atoms with Gasteiger partial charge in [0, 0.05) is 49.4 Å². The van der Waals surface area contributed by atoms with Crippen LogP contribution in [0.1, 0.15) is 43.2 Å². The summed E-state index contributed by atoms with van der Waals surface area (Å²) in [6, 6.07) is 10.7. The zero-order chi connectivity index (χ0) is 19.9. The summed E-state index contributed by atoms with van der Waals surface area (Å²) in [5.74, 6) is 2.02. The number of hydrogen-bond donors (Lipinski definition) is 2. The number of halogens is 1. The Morgan fingerprint density at radius 1 is 1.21 bits per heavy atom. The molecule has 3 rings (SSSR count). The number of hydrogen-bond acceptors (Lipinski definition) is 3. The van der Waals surface area contributed by atoms with E-state index in [1.807, 2.05) is 13.8 Å². The summed E-state index contributed by atoms with van der Waals surface area (Å²) in [5, 5.41) is 12.1. The van der Waals surface area contributed by atoms with Gasteiger partial charge in [-0.2, -0.15) is 0 Å². The number of para-hydroxylation sites is 1. The topological polar surface area (TPSA) is 67.4 Å². The molecule has 158 valence electrons. The molecule has 2 aromatic heterocycles. The van der Waals surface area contributed by atoms with Crippen LogP contribution in [0.25, 0.3) is 10.9 Å². The number of aryl methyl sites for hydroxylation is 3. The Kier molecular flexibility index (Phi) is 9.00. The largest absolute Gasteiger partial charge is 0.361 e. The van der Waals surface area contributed by atoms with Crippen LogP contribution < -0.4 is 10.6 Å². The van der Waals surface area contributed by atoms with Gasteiger partial charge in [0.05, 0.1) is 5.69 Å². The lowest BCUT2D eigenvalue weighted by Crippen LogP contribution is -2.38. The maximum absolute atomic E-state index is 5.28. The summed E-state index contributed by atoms with van der Waals surface area (Å²) in [6.07, 6.45) is 3.19. The minimum atomic E-state index is 0. The highest BCUT2D eigenvalue weighted by atomic mass is 127. The molecule has 0 fully saturated rings. The molecule has 29 heavy (non-hydrogen) atoms. The second kappa shape index (κ2) is 11.2. The van der Waals surface area contributed by atoms with Gasteiger partial charge < -0.3 is 19.7 Å². The summed E-state index contributed by atoms with van der Waals surface area (Å²) in [7, 11) is 0. The van der Waals surface area contributed by atoms with E-state index < -0.39 is 0 Å². The van der Waals surface area contributed by atoms with Crippen molar-refractivity contribution in [1.29, 1.82) is 0 Å². The van der Waals surface area contributed by atoms with E-state index in [0.717, 1.165) is 43.5 Å². The lowest BCUT2D eigenvalue weighted by molar-refractivity contribution is 0.391. The average Bonchev–Trinajstić information content (AvgIpc) is 3.26. The standard InChI is InChI=1S/C22H31N5O.HI/c1-5-23-22(25-15-16(2)21-17(3)26-28-18(21)4)24-12-8-13-27-14-11-19-9-6-7-10-20(19)27;/h6-7,9-11,14,16H,5,8,12-13,15H2,1-4H3,(H2,23,24,25);1H. The third-order valence-electron chi connectivity index (χ3n) is 5.00. The normalized spacial score (nSPS) is 12.6. The number of aliphatic imine (C=N–C) groups is 1. The molecule has 0 saturated heterocycles. The van der Waals surface area contributed by atoms with Crippen molar-refractivity contribution in [3.8, 4) is 0 Å². The summed E-state index contributed by atoms with van der Waals surface area (Å²) in [6.45, 7) is 11.6. The van der Waals surface area contributed by atoms with E-state index in [9.17, 15) is 0 Å². The van der Waals surface area contributed by atoms with Gasteiger partial charge in [-0.25, -0.2) is 0 Å². The van der Waals surface area contributed by atoms with E-state index >= 15 is 0 Å². The van der Waals surface area contributed by atoms with Crippen molar-refractivity contribution < 1.29 is 4.52 Å². The summed E-state index contributed by atoms with van der Waals surface area (Å²) >= 11 is 0. The molecule has 2 heterocycles. The smallest absolute Gasteiger partial charge is 0.191 e. The molecule has 3 aromatic rings. The van der Waals surface area contributed by atoms with Crippen LogP contribution in [0, 0.1) is 13.8 Å². The number of benzene rings is 1. The van der Waals surface area contributed by atoms with Gasteiger partial charge in [0.25, 0.3) is 0 Å². The highest BCUT2D eigenvalue weighted by Crippen LogP contribution is 2.23. The number of nitrogens with one attached hydrogen (secondary N) is 2. The lowest BCUT2D eigenvalue weighted by Gasteiger charge is -2.14. The fourth-order valence-electron chi connectivity index (χ4n) is 3.65. The molecular formula is C22H32IN5O. The first kappa shape index (κ1) is 23.3. The molecule has 1 unspecified atom stereocenters. The van der Waals surface area contributed by atoms with Crippen molar-refractivity contribution in [2.45, 2.75) is 46.6 Å². The maximum Gasteiger partial charge on any atom is 0.191 e. The van der Waals surface area contributed by atoms with E-state index in [4.69, 9.17) is 9.52 Å². The SMILES string of the molecule is CCNC(=NCC(C)c1c(C)noc1C)NCCCn1ccc2ccccc21.I. The van der Waals surface area contributed by atoms with Gasteiger partial charge in [-0.3, -0.25) is 4.99 Å². The zero-order valence-electron chi connectivity index (χ0n) is 17.7. The first-order chi connectivity index (χ1) is 13.6. The minimum absolute atomic E-state index is 0. The Morgan fingerprint density at radius 2 is 2.00 bits per heavy atom. The van der Waals surface area contributed by atoms with Gasteiger partial charge in [0.1, 0.15) is 5.76 Å². The van der Waals surface area contributed by atoms with E-state index in [2.05, 4.69) is 70.7 Å². The summed E-state index contributed by atoms with van der Waals surface area (Å²) in [5.41, 5.74) is 3.41. The molecule has 1 atom stereocenters. The van der Waals surface area contributed by atoms with Gasteiger partial charge in [-0.1, -0.05) is 30.3 Å². The van der Waals surface area contributed by atoms with E-state index in [-0.39, 0.29) is 29.9 Å². The Balaban J connectivity index is 0.00000300. The van der Waals surface area contributed by atoms with Crippen molar-refractivity contribution in [1.82, 2.24) is 20.4 Å². The first-order valence-corrected chi connectivity index (χ1v) is 10.1. The quantitative estimate of drug-likeness (QED) is 0.202. The third kappa shape index (κ3) is 5.98. The molecule has 0 saturated carbocycles. The van der Waals surface area contributed by atoms with Crippen LogP contribution in [0.5, 0.6) is 0 Å². The van der Waals surface area contributed by atoms with Crippen LogP contribution in [-0.2, 0) is 6.54 Å². The fourth-order valence-corrected chi connectivity index (χ4v) is 3.65. The molecule has 0 aliphatic carbocycles. The predicted molar refractivity (Wildman–Crippen MR) is 130 cm³/mol. The van der Waals surface area contributed by atoms with Crippen LogP contribution in [0.15, 0.2) is 46.0 Å². The predicted octanol–water partition coefficient (Wildman–Crippen LogP) is 4.61. The highest BCUT2D eigenvalue weighted by molar-refractivity contribution is 14.0. The molecule has 0 aliphatic heterocycles. The summed E-state index contributed by atoms with van der Waals surface area (Å²) < 4.78 is 7.59. The monoisotopic (exact) mass is 509 g/mol. The molecule has 0 radical (unpaired) electrons. The third-order valence-corrected chi connectivity index (χ3v) is 5.00. The van der Waals surface area contributed by atoms with Gasteiger partial charge >= 0.3 is 0 Å². The minimum Gasteiger partial charge on any atom is -0.361 e. The summed E-state index contributed by atoms with van der Waals surface area (Å²) in [4.78, 5) is 4.75. The molecule has 6 nitrogen and oxygen atoms in total. The Labute approximate surface area is 190 Å². The van der Waals surface area contributed by atoms with Crippen molar-refractivity contribution in [3.63, 3.8) is 0 Å². The van der Waals surface area contributed by atoms with Crippen LogP contribution in [-0.4, -0.2) is 35.3 Å². The molecule has 7 heteroatoms. The van der Waals surface area contributed by atoms with Crippen molar-refractivity contribution >= 4 is 40.8 Å². The van der Waals surface area contributed by atoms with Gasteiger partial charge in [0.15, 0.2) is 5.96 Å². The van der Waals surface area contributed by atoms with Gasteiger partial charge in [0.2, 0.25) is 0 Å². The van der Waals surface area contributed by atoms with Crippen molar-refractivity contribution in [2.75, 3.05) is 19.6 Å². The fraction of sp³-hybridized carbons (Fsp3) is 0.455. The molecule has 0 spiro atoms. The Morgan fingerprint density at radius 3 is 2.72 bits per heavy atom. The average molecular weight is 509 g/mol. The Hall–Kier alpha value is -2.03. The van der Waals surface area contributed by atoms with E-state index in [0.29, 0.717) is 6.54 Å². The van der Waals surface area contributed by atoms with Crippen LogP contribution in [0.2, 0.25) is 0 Å². The Bertz CT molecular complexity index is 911. The highest BCUT2D eigenvalue weighted by Gasteiger charge is 2.16. The molecule has 0 aliphatic rings. The maximum atomic E-state index is 5.28. The second-order valence-corrected chi connectivity index (χ2v) is 7.21. The molecule has 0 bridgehead atoms. The van der Waals surface area contributed by atoms with E-state index in [1.165, 1.54) is 16.5 Å². The van der Waals surface area contributed by atoms with Crippen LogP contribution >= 0.6 is 24.0 Å². The molecule has 2 N–H and O–H groups in total. The first-order valence-electron chi connectivity index (χ1n) is 10.1. The molecule has 1 aromatic carbocycles. The number of rotatable bonds is 8. The van der Waals surface area contributed by atoms with E-state index in [1.54, 1.807) is 0 Å². The number of nitrogens with zero attached hydrogens (tertiary/aromatic N) is 3. The van der Waals surface area contributed by atoms with Crippen LogP contribution in [0.3, 0.4) is 0 Å². The van der Waals surface area contributed by atoms with Crippen molar-refractivity contribution in [2.24, 2.45) is 4.99 Å². The number of aromatic nitrogens is 2. The van der Waals surface area contributed by atoms with Crippen molar-refractivity contribution in [3.05, 3.63) is 53.5 Å². The zero-order valence-corrected chi connectivity index (χ0v) is 20.1. The van der Waals surface area contributed by atoms with Crippen LogP contribution in [0.4, 0.5) is 0 Å². The van der Waals surface area contributed by atoms with Gasteiger partial charge in [-0.15, -0.1) is 24.0 Å². The molecule has 0 amide bonds.